The van der Waals surface area contributed by atoms with Gasteiger partial charge in [0.05, 0.1) is 5.56 Å². The molecule has 15 heavy (non-hydrogen) atoms. The fraction of sp³-hybridized carbons (Fsp3) is 0.545. The number of thiophene rings is 1. The molecule has 4 heteroatoms. The topological polar surface area (TPSA) is 29.1 Å². The molecule has 0 aliphatic carbocycles. The van der Waals surface area contributed by atoms with Gasteiger partial charge in [0.15, 0.2) is 0 Å². The lowest BCUT2D eigenvalue weighted by molar-refractivity contribution is 0.0940. The summed E-state index contributed by atoms with van der Waals surface area (Å²) in [6, 6.07) is 0.136. The van der Waals surface area contributed by atoms with Crippen molar-refractivity contribution in [2.45, 2.75) is 38.6 Å². The van der Waals surface area contributed by atoms with Crippen LogP contribution in [0.4, 0.5) is 0 Å². The molecule has 0 aliphatic heterocycles. The van der Waals surface area contributed by atoms with E-state index in [1.54, 1.807) is 11.3 Å². The van der Waals surface area contributed by atoms with Crippen molar-refractivity contribution in [3.8, 4) is 0 Å². The van der Waals surface area contributed by atoms with Crippen LogP contribution in [0.25, 0.3) is 0 Å². The molecule has 0 saturated heterocycles. The second-order valence-electron chi connectivity index (χ2n) is 3.77. The first-order valence-corrected chi connectivity index (χ1v) is 6.72. The number of amides is 1. The van der Waals surface area contributed by atoms with Gasteiger partial charge in [-0.2, -0.15) is 0 Å². The molecular weight excluding hydrogens is 274 g/mol. The Hall–Kier alpha value is -0.350. The molecule has 84 valence electrons. The van der Waals surface area contributed by atoms with Crippen LogP contribution in [0.1, 0.15) is 34.6 Å². The van der Waals surface area contributed by atoms with E-state index in [4.69, 9.17) is 0 Å². The summed E-state index contributed by atoms with van der Waals surface area (Å²) in [5.74, 6) is 0.0238. The average molecular weight is 290 g/mol. The lowest BCUT2D eigenvalue weighted by Crippen LogP contribution is -2.37. The van der Waals surface area contributed by atoms with Crippen LogP contribution >= 0.6 is 27.3 Å². The number of alkyl halides is 1. The molecule has 1 rings (SSSR count). The van der Waals surface area contributed by atoms with Gasteiger partial charge in [-0.15, -0.1) is 11.3 Å². The third-order valence-corrected chi connectivity index (χ3v) is 4.38. The molecule has 0 bridgehead atoms. The van der Waals surface area contributed by atoms with Crippen molar-refractivity contribution in [2.24, 2.45) is 0 Å². The van der Waals surface area contributed by atoms with Crippen molar-refractivity contribution in [2.75, 3.05) is 0 Å². The third kappa shape index (κ3) is 3.05. The van der Waals surface area contributed by atoms with Gasteiger partial charge in [0.25, 0.3) is 5.91 Å². The Labute approximate surface area is 103 Å². The zero-order valence-corrected chi connectivity index (χ0v) is 11.8. The SMILES string of the molecule is Cc1scc(C(=O)NC(C)C(C)Br)c1C. The van der Waals surface area contributed by atoms with Gasteiger partial charge in [0.2, 0.25) is 0 Å². The zero-order valence-electron chi connectivity index (χ0n) is 9.43. The van der Waals surface area contributed by atoms with Crippen LogP contribution in [0.3, 0.4) is 0 Å². The second kappa shape index (κ2) is 5.12. The van der Waals surface area contributed by atoms with Crippen LogP contribution in [-0.4, -0.2) is 16.8 Å². The Morgan fingerprint density at radius 3 is 2.47 bits per heavy atom. The van der Waals surface area contributed by atoms with Crippen molar-refractivity contribution < 1.29 is 4.79 Å². The van der Waals surface area contributed by atoms with E-state index in [1.807, 2.05) is 33.1 Å². The molecule has 0 aliphatic rings. The number of hydrogen-bond acceptors (Lipinski definition) is 2. The van der Waals surface area contributed by atoms with Crippen LogP contribution in [0.2, 0.25) is 0 Å². The van der Waals surface area contributed by atoms with Gasteiger partial charge in [-0.3, -0.25) is 4.79 Å². The Morgan fingerprint density at radius 2 is 2.07 bits per heavy atom. The standard InChI is InChI=1S/C11H16BrNOS/c1-6-9(4)15-5-10(6)11(14)13-8(3)7(2)12/h5,7-8H,1-4H3,(H,13,14). The summed E-state index contributed by atoms with van der Waals surface area (Å²) in [4.78, 5) is 13.4. The van der Waals surface area contributed by atoms with Gasteiger partial charge < -0.3 is 5.32 Å². The molecule has 1 aromatic rings. The number of carbonyl (C=O) groups is 1. The summed E-state index contributed by atoms with van der Waals surface area (Å²) >= 11 is 5.07. The van der Waals surface area contributed by atoms with E-state index < -0.39 is 0 Å². The van der Waals surface area contributed by atoms with Gasteiger partial charge in [-0.1, -0.05) is 22.9 Å². The van der Waals surface area contributed by atoms with E-state index in [2.05, 4.69) is 21.2 Å². The highest BCUT2D eigenvalue weighted by Crippen LogP contribution is 2.20. The van der Waals surface area contributed by atoms with Gasteiger partial charge in [-0.05, 0) is 26.3 Å². The fourth-order valence-electron chi connectivity index (χ4n) is 1.14. The summed E-state index contributed by atoms with van der Waals surface area (Å²) in [7, 11) is 0. The smallest absolute Gasteiger partial charge is 0.252 e. The van der Waals surface area contributed by atoms with Crippen molar-refractivity contribution in [1.82, 2.24) is 5.32 Å². The van der Waals surface area contributed by atoms with Gasteiger partial charge >= 0.3 is 0 Å². The lowest BCUT2D eigenvalue weighted by Gasteiger charge is -2.16. The first-order chi connectivity index (χ1) is 6.93. The maximum Gasteiger partial charge on any atom is 0.252 e. The average Bonchev–Trinajstić information content (AvgIpc) is 2.47. The van der Waals surface area contributed by atoms with E-state index in [1.165, 1.54) is 4.88 Å². The number of carbonyl (C=O) groups excluding carboxylic acids is 1. The Kier molecular flexibility index (Phi) is 4.34. The van der Waals surface area contributed by atoms with E-state index >= 15 is 0 Å². The fourth-order valence-corrected chi connectivity index (χ4v) is 2.13. The second-order valence-corrected chi connectivity index (χ2v) is 6.30. The van der Waals surface area contributed by atoms with Crippen molar-refractivity contribution in [3.05, 3.63) is 21.4 Å². The number of aryl methyl sites for hydroxylation is 1. The van der Waals surface area contributed by atoms with Crippen molar-refractivity contribution in [3.63, 3.8) is 0 Å². The summed E-state index contributed by atoms with van der Waals surface area (Å²) in [6.07, 6.45) is 0. The molecule has 2 unspecified atom stereocenters. The molecule has 0 radical (unpaired) electrons. The van der Waals surface area contributed by atoms with Gasteiger partial charge in [0.1, 0.15) is 0 Å². The maximum absolute atomic E-state index is 11.9. The van der Waals surface area contributed by atoms with Crippen LogP contribution in [-0.2, 0) is 0 Å². The number of halogens is 1. The van der Waals surface area contributed by atoms with Crippen LogP contribution in [0.5, 0.6) is 0 Å². The predicted octanol–water partition coefficient (Wildman–Crippen LogP) is 3.27. The van der Waals surface area contributed by atoms with E-state index in [0.29, 0.717) is 0 Å². The van der Waals surface area contributed by atoms with Gasteiger partial charge in [-0.25, -0.2) is 0 Å². The van der Waals surface area contributed by atoms with Crippen LogP contribution < -0.4 is 5.32 Å². The van der Waals surface area contributed by atoms with Crippen molar-refractivity contribution in [1.29, 1.82) is 0 Å². The molecule has 0 aromatic carbocycles. The van der Waals surface area contributed by atoms with E-state index in [0.717, 1.165) is 11.1 Å². The monoisotopic (exact) mass is 289 g/mol. The highest BCUT2D eigenvalue weighted by Gasteiger charge is 2.16. The van der Waals surface area contributed by atoms with E-state index in [-0.39, 0.29) is 16.8 Å². The van der Waals surface area contributed by atoms with E-state index in [9.17, 15) is 4.79 Å². The summed E-state index contributed by atoms with van der Waals surface area (Å²) in [5, 5.41) is 4.89. The van der Waals surface area contributed by atoms with Crippen LogP contribution in [0, 0.1) is 13.8 Å². The molecule has 0 saturated carbocycles. The molecule has 1 heterocycles. The molecule has 2 nitrogen and oxygen atoms in total. The first-order valence-electron chi connectivity index (χ1n) is 4.93. The number of hydrogen-bond donors (Lipinski definition) is 1. The van der Waals surface area contributed by atoms with Gasteiger partial charge in [0, 0.05) is 21.1 Å². The maximum atomic E-state index is 11.9. The minimum absolute atomic E-state index is 0.0238. The highest BCUT2D eigenvalue weighted by atomic mass is 79.9. The third-order valence-electron chi connectivity index (χ3n) is 2.58. The minimum atomic E-state index is 0.0238. The largest absolute Gasteiger partial charge is 0.348 e. The summed E-state index contributed by atoms with van der Waals surface area (Å²) in [6.45, 7) is 8.04. The Morgan fingerprint density at radius 1 is 1.47 bits per heavy atom. The Balaban J connectivity index is 2.74. The predicted molar refractivity (Wildman–Crippen MR) is 69.1 cm³/mol. The van der Waals surface area contributed by atoms with Crippen LogP contribution in [0.15, 0.2) is 5.38 Å². The molecule has 2 atom stereocenters. The number of rotatable bonds is 3. The molecular formula is C11H16BrNOS. The molecule has 0 fully saturated rings. The molecule has 0 spiro atoms. The number of nitrogens with one attached hydrogen (secondary N) is 1. The first kappa shape index (κ1) is 12.7. The summed E-state index contributed by atoms with van der Waals surface area (Å²) in [5.41, 5.74) is 1.89. The summed E-state index contributed by atoms with van der Waals surface area (Å²) < 4.78 is 0. The molecule has 1 aromatic heterocycles. The highest BCUT2D eigenvalue weighted by molar-refractivity contribution is 9.09. The zero-order chi connectivity index (χ0) is 11.6. The minimum Gasteiger partial charge on any atom is -0.348 e. The normalized spacial score (nSPS) is 14.7. The quantitative estimate of drug-likeness (QED) is 0.851. The Bertz CT molecular complexity index is 359. The van der Waals surface area contributed by atoms with Crippen molar-refractivity contribution >= 4 is 33.2 Å². The lowest BCUT2D eigenvalue weighted by atomic mass is 10.1. The molecule has 1 amide bonds. The molecule has 1 N–H and O–H groups in total.